The number of anilines is 1. The molecule has 1 aromatic carbocycles. The van der Waals surface area contributed by atoms with Crippen LogP contribution < -0.4 is 10.1 Å². The highest BCUT2D eigenvalue weighted by Gasteiger charge is 2.15. The number of carboxylic acid groups (broad SMARTS) is 1. The van der Waals surface area contributed by atoms with Crippen molar-refractivity contribution < 1.29 is 19.4 Å². The molecule has 0 saturated carbocycles. The number of aryl methyl sites for hydroxylation is 1. The second-order valence-electron chi connectivity index (χ2n) is 4.21. The third-order valence-corrected chi connectivity index (χ3v) is 2.72. The quantitative estimate of drug-likeness (QED) is 0.888. The number of amides is 1. The summed E-state index contributed by atoms with van der Waals surface area (Å²) in [6.07, 6.45) is 2.78. The van der Waals surface area contributed by atoms with E-state index in [0.717, 1.165) is 0 Å². The smallest absolute Gasteiger partial charge is 0.337 e. The molecule has 0 atom stereocenters. The molecule has 2 N–H and O–H groups in total. The number of aromatic carboxylic acids is 1. The largest absolute Gasteiger partial charge is 0.497 e. The van der Waals surface area contributed by atoms with Gasteiger partial charge in [-0.15, -0.1) is 0 Å². The summed E-state index contributed by atoms with van der Waals surface area (Å²) in [6.45, 7) is 1.75. The molecule has 0 aliphatic carbocycles. The van der Waals surface area contributed by atoms with Crippen LogP contribution in [0.25, 0.3) is 0 Å². The van der Waals surface area contributed by atoms with Gasteiger partial charge in [-0.05, 0) is 19.1 Å². The summed E-state index contributed by atoms with van der Waals surface area (Å²) in [5, 5.41) is 11.6. The van der Waals surface area contributed by atoms with Crippen LogP contribution in [-0.2, 0) is 0 Å². The van der Waals surface area contributed by atoms with Gasteiger partial charge in [-0.3, -0.25) is 9.78 Å². The average molecular weight is 287 g/mol. The minimum atomic E-state index is -1.15. The molecule has 2 rings (SSSR count). The van der Waals surface area contributed by atoms with E-state index >= 15 is 0 Å². The van der Waals surface area contributed by atoms with Crippen molar-refractivity contribution >= 4 is 17.6 Å². The van der Waals surface area contributed by atoms with Gasteiger partial charge in [0.2, 0.25) is 0 Å². The summed E-state index contributed by atoms with van der Waals surface area (Å²) < 4.78 is 5.02. The van der Waals surface area contributed by atoms with Gasteiger partial charge in [0.1, 0.15) is 11.4 Å². The maximum absolute atomic E-state index is 12.1. The van der Waals surface area contributed by atoms with Crippen molar-refractivity contribution in [2.75, 3.05) is 12.4 Å². The number of aromatic nitrogens is 2. The molecule has 108 valence electrons. The molecule has 0 radical (unpaired) electrons. The van der Waals surface area contributed by atoms with Gasteiger partial charge >= 0.3 is 5.97 Å². The Kier molecular flexibility index (Phi) is 4.13. The summed E-state index contributed by atoms with van der Waals surface area (Å²) in [5.41, 5.74) is 0.873. The molecule has 0 spiro atoms. The Morgan fingerprint density at radius 1 is 1.24 bits per heavy atom. The van der Waals surface area contributed by atoms with Gasteiger partial charge in [0.25, 0.3) is 5.91 Å². The van der Waals surface area contributed by atoms with Crippen molar-refractivity contribution in [3.8, 4) is 5.75 Å². The van der Waals surface area contributed by atoms with E-state index < -0.39 is 11.9 Å². The van der Waals surface area contributed by atoms with Crippen molar-refractivity contribution in [1.82, 2.24) is 9.97 Å². The molecule has 7 heteroatoms. The van der Waals surface area contributed by atoms with Gasteiger partial charge in [0, 0.05) is 12.3 Å². The number of rotatable bonds is 4. The number of carbonyl (C=O) groups is 2. The summed E-state index contributed by atoms with van der Waals surface area (Å²) >= 11 is 0. The van der Waals surface area contributed by atoms with Gasteiger partial charge in [0.15, 0.2) is 0 Å². The highest BCUT2D eigenvalue weighted by molar-refractivity contribution is 6.06. The molecule has 0 aliphatic heterocycles. The third kappa shape index (κ3) is 3.33. The molecule has 0 fully saturated rings. The van der Waals surface area contributed by atoms with Crippen LogP contribution in [0.3, 0.4) is 0 Å². The second kappa shape index (κ2) is 6.00. The lowest BCUT2D eigenvalue weighted by molar-refractivity contribution is 0.0698. The Balaban J connectivity index is 2.31. The van der Waals surface area contributed by atoms with E-state index in [1.807, 2.05) is 0 Å². The monoisotopic (exact) mass is 287 g/mol. The molecular formula is C14H13N3O4. The molecule has 0 aliphatic rings. The lowest BCUT2D eigenvalue weighted by Crippen LogP contribution is -2.16. The van der Waals surface area contributed by atoms with E-state index in [1.54, 1.807) is 6.92 Å². The molecule has 0 saturated heterocycles. The first kappa shape index (κ1) is 14.4. The number of methoxy groups -OCH3 is 1. The van der Waals surface area contributed by atoms with Crippen molar-refractivity contribution in [3.05, 3.63) is 47.5 Å². The zero-order valence-corrected chi connectivity index (χ0v) is 11.5. The van der Waals surface area contributed by atoms with E-state index in [-0.39, 0.29) is 16.9 Å². The molecule has 0 unspecified atom stereocenters. The summed E-state index contributed by atoms with van der Waals surface area (Å²) in [6, 6.07) is 4.30. The zero-order chi connectivity index (χ0) is 15.4. The summed E-state index contributed by atoms with van der Waals surface area (Å²) in [5.74, 6) is -1.26. The number of carboxylic acids is 1. The zero-order valence-electron chi connectivity index (χ0n) is 11.5. The van der Waals surface area contributed by atoms with Gasteiger partial charge in [0.05, 0.1) is 30.3 Å². The Bertz CT molecular complexity index is 683. The van der Waals surface area contributed by atoms with Crippen LogP contribution in [0.4, 0.5) is 5.69 Å². The fourth-order valence-corrected chi connectivity index (χ4v) is 1.64. The second-order valence-corrected chi connectivity index (χ2v) is 4.21. The van der Waals surface area contributed by atoms with E-state index in [0.29, 0.717) is 11.4 Å². The van der Waals surface area contributed by atoms with Crippen LogP contribution in [0.2, 0.25) is 0 Å². The first-order valence-electron chi connectivity index (χ1n) is 6.02. The maximum Gasteiger partial charge on any atom is 0.337 e. The number of nitrogens with zero attached hydrogens (tertiary/aromatic N) is 2. The van der Waals surface area contributed by atoms with Crippen LogP contribution in [-0.4, -0.2) is 34.1 Å². The van der Waals surface area contributed by atoms with E-state index in [1.165, 1.54) is 37.7 Å². The highest BCUT2D eigenvalue weighted by atomic mass is 16.5. The minimum absolute atomic E-state index is 0.0378. The van der Waals surface area contributed by atoms with Crippen molar-refractivity contribution in [1.29, 1.82) is 0 Å². The van der Waals surface area contributed by atoms with Gasteiger partial charge in [-0.1, -0.05) is 0 Å². The maximum atomic E-state index is 12.1. The molecule has 2 aromatic rings. The predicted octanol–water partition coefficient (Wildman–Crippen LogP) is 1.74. The minimum Gasteiger partial charge on any atom is -0.497 e. The number of carbonyl (C=O) groups excluding carboxylic acids is 1. The number of hydrogen-bond donors (Lipinski definition) is 2. The van der Waals surface area contributed by atoms with Crippen LogP contribution >= 0.6 is 0 Å². The molecule has 1 heterocycles. The number of benzene rings is 1. The normalized spacial score (nSPS) is 10.0. The molecule has 0 bridgehead atoms. The molecular weight excluding hydrogens is 274 g/mol. The van der Waals surface area contributed by atoms with Crippen molar-refractivity contribution in [2.24, 2.45) is 0 Å². The van der Waals surface area contributed by atoms with E-state index in [2.05, 4.69) is 15.3 Å². The lowest BCUT2D eigenvalue weighted by atomic mass is 10.1. The standard InChI is InChI=1S/C14H13N3O4/c1-8-6-16-12(7-15-8)13(18)17-11-5-9(21-2)3-4-10(11)14(19)20/h3-7H,1-2H3,(H,17,18)(H,19,20). The van der Waals surface area contributed by atoms with Crippen LogP contribution in [0, 0.1) is 6.92 Å². The first-order chi connectivity index (χ1) is 10.0. The number of hydrogen-bond acceptors (Lipinski definition) is 5. The van der Waals surface area contributed by atoms with E-state index in [4.69, 9.17) is 9.84 Å². The molecule has 21 heavy (non-hydrogen) atoms. The Morgan fingerprint density at radius 3 is 2.57 bits per heavy atom. The number of nitrogens with one attached hydrogen (secondary N) is 1. The molecule has 7 nitrogen and oxygen atoms in total. The summed E-state index contributed by atoms with van der Waals surface area (Å²) in [4.78, 5) is 31.1. The fraction of sp³-hybridized carbons (Fsp3) is 0.143. The third-order valence-electron chi connectivity index (χ3n) is 2.72. The topological polar surface area (TPSA) is 101 Å². The SMILES string of the molecule is COc1ccc(C(=O)O)c(NC(=O)c2cnc(C)cn2)c1. The lowest BCUT2D eigenvalue weighted by Gasteiger charge is -2.10. The average Bonchev–Trinajstić information content (AvgIpc) is 2.47. The van der Waals surface area contributed by atoms with E-state index in [9.17, 15) is 9.59 Å². The fourth-order valence-electron chi connectivity index (χ4n) is 1.64. The van der Waals surface area contributed by atoms with Crippen LogP contribution in [0.5, 0.6) is 5.75 Å². The Labute approximate surface area is 120 Å². The highest BCUT2D eigenvalue weighted by Crippen LogP contribution is 2.23. The van der Waals surface area contributed by atoms with Gasteiger partial charge < -0.3 is 15.2 Å². The first-order valence-corrected chi connectivity index (χ1v) is 6.02. The van der Waals surface area contributed by atoms with Crippen LogP contribution in [0.1, 0.15) is 26.5 Å². The number of ether oxygens (including phenoxy) is 1. The van der Waals surface area contributed by atoms with Gasteiger partial charge in [-0.2, -0.15) is 0 Å². The summed E-state index contributed by atoms with van der Waals surface area (Å²) in [7, 11) is 1.45. The van der Waals surface area contributed by atoms with Crippen molar-refractivity contribution in [3.63, 3.8) is 0 Å². The van der Waals surface area contributed by atoms with Gasteiger partial charge in [-0.25, -0.2) is 9.78 Å². The molecule has 1 aromatic heterocycles. The Hall–Kier alpha value is -2.96. The molecule has 1 amide bonds. The van der Waals surface area contributed by atoms with Crippen LogP contribution in [0.15, 0.2) is 30.6 Å². The predicted molar refractivity (Wildman–Crippen MR) is 74.7 cm³/mol. The van der Waals surface area contributed by atoms with Crippen molar-refractivity contribution in [2.45, 2.75) is 6.92 Å². The Morgan fingerprint density at radius 2 is 2.00 bits per heavy atom.